The summed E-state index contributed by atoms with van der Waals surface area (Å²) in [4.78, 5) is 3.65. The summed E-state index contributed by atoms with van der Waals surface area (Å²) in [5.41, 5.74) is 2.21. The zero-order valence-corrected chi connectivity index (χ0v) is 10.8. The van der Waals surface area contributed by atoms with Crippen LogP contribution >= 0.6 is 0 Å². The molecule has 2 aromatic rings. The zero-order chi connectivity index (χ0) is 16.1. The van der Waals surface area contributed by atoms with Crippen molar-refractivity contribution in [2.24, 2.45) is 5.73 Å². The van der Waals surface area contributed by atoms with Crippen LogP contribution in [0.2, 0.25) is 0 Å². The second kappa shape index (κ2) is 4.62. The number of halogens is 6. The van der Waals surface area contributed by atoms with Gasteiger partial charge in [-0.05, 0) is 19.1 Å². The van der Waals surface area contributed by atoms with Crippen molar-refractivity contribution in [3.05, 3.63) is 30.1 Å². The van der Waals surface area contributed by atoms with Gasteiger partial charge in [-0.3, -0.25) is 0 Å². The highest BCUT2D eigenvalue weighted by Gasteiger charge is 2.53. The molecule has 0 amide bonds. The minimum Gasteiger partial charge on any atom is -0.317 e. The zero-order valence-electron chi connectivity index (χ0n) is 10.8. The quantitative estimate of drug-likeness (QED) is 0.865. The Bertz CT molecular complexity index is 653. The third kappa shape index (κ3) is 2.82. The lowest BCUT2D eigenvalue weighted by molar-refractivity contribution is -0.189. The highest BCUT2D eigenvalue weighted by Crippen LogP contribution is 2.38. The molecule has 2 N–H and O–H groups in total. The van der Waals surface area contributed by atoms with Crippen molar-refractivity contribution in [3.63, 3.8) is 0 Å². The Hall–Kier alpha value is -1.77. The van der Waals surface area contributed by atoms with E-state index >= 15 is 0 Å². The van der Waals surface area contributed by atoms with Crippen molar-refractivity contribution in [3.8, 4) is 0 Å². The summed E-state index contributed by atoms with van der Waals surface area (Å²) in [6.45, 7) is -0.993. The lowest BCUT2D eigenvalue weighted by Gasteiger charge is -2.28. The smallest absolute Gasteiger partial charge is 0.317 e. The topological polar surface area (TPSA) is 43.8 Å². The second-order valence-electron chi connectivity index (χ2n) is 4.83. The van der Waals surface area contributed by atoms with Crippen LogP contribution in [-0.4, -0.2) is 21.9 Å². The van der Waals surface area contributed by atoms with Crippen molar-refractivity contribution >= 4 is 11.0 Å². The van der Waals surface area contributed by atoms with E-state index in [1.54, 1.807) is 0 Å². The molecule has 0 spiro atoms. The molecule has 9 heteroatoms. The molecule has 1 heterocycles. The summed E-state index contributed by atoms with van der Waals surface area (Å²) in [6, 6.07) is 5.49. The molecule has 3 nitrogen and oxygen atoms in total. The standard InChI is InChI=1S/C12H11F6N3/c1-10(19,12(16,17)18)9-20-7-4-2-3-5-8(7)21(9)6-11(13,14)15/h2-5H,6,19H2,1H3. The van der Waals surface area contributed by atoms with E-state index in [0.717, 1.165) is 0 Å². The minimum absolute atomic E-state index is 0.0256. The van der Waals surface area contributed by atoms with Gasteiger partial charge in [-0.15, -0.1) is 0 Å². The van der Waals surface area contributed by atoms with Crippen molar-refractivity contribution < 1.29 is 26.3 Å². The van der Waals surface area contributed by atoms with Crippen LogP contribution in [0.4, 0.5) is 26.3 Å². The van der Waals surface area contributed by atoms with E-state index in [2.05, 4.69) is 4.98 Å². The van der Waals surface area contributed by atoms with Crippen molar-refractivity contribution in [1.82, 2.24) is 9.55 Å². The number of benzene rings is 1. The van der Waals surface area contributed by atoms with Gasteiger partial charge in [0.2, 0.25) is 0 Å². The van der Waals surface area contributed by atoms with Gasteiger partial charge in [0.05, 0.1) is 11.0 Å². The molecule has 0 saturated heterocycles. The predicted octanol–water partition coefficient (Wildman–Crippen LogP) is 3.33. The number of nitrogens with two attached hydrogens (primary N) is 1. The van der Waals surface area contributed by atoms with Crippen molar-refractivity contribution in [2.45, 2.75) is 31.4 Å². The van der Waals surface area contributed by atoms with Crippen molar-refractivity contribution in [2.75, 3.05) is 0 Å². The molecule has 1 aromatic heterocycles. The number of hydrogen-bond acceptors (Lipinski definition) is 2. The summed E-state index contributed by atoms with van der Waals surface area (Å²) in [7, 11) is 0. The average Bonchev–Trinajstić information content (AvgIpc) is 2.65. The maximum absolute atomic E-state index is 13.0. The van der Waals surface area contributed by atoms with Gasteiger partial charge in [0.25, 0.3) is 0 Å². The number of rotatable bonds is 2. The first-order chi connectivity index (χ1) is 9.43. The van der Waals surface area contributed by atoms with Gasteiger partial charge in [-0.2, -0.15) is 26.3 Å². The molecular formula is C12H11F6N3. The summed E-state index contributed by atoms with van der Waals surface area (Å²) in [6.07, 6.45) is -9.63. The maximum atomic E-state index is 13.0. The van der Waals surface area contributed by atoms with Crippen LogP contribution in [0.15, 0.2) is 24.3 Å². The SMILES string of the molecule is CC(N)(c1nc2ccccc2n1CC(F)(F)F)C(F)(F)F. The first-order valence-electron chi connectivity index (χ1n) is 5.81. The summed E-state index contributed by atoms with van der Waals surface area (Å²) in [5.74, 6) is -0.867. The van der Waals surface area contributed by atoms with Crippen LogP contribution in [0.3, 0.4) is 0 Å². The Morgan fingerprint density at radius 3 is 2.19 bits per heavy atom. The van der Waals surface area contributed by atoms with Crippen molar-refractivity contribution in [1.29, 1.82) is 0 Å². The number of alkyl halides is 6. The molecule has 21 heavy (non-hydrogen) atoms. The highest BCUT2D eigenvalue weighted by atomic mass is 19.4. The van der Waals surface area contributed by atoms with Crippen LogP contribution in [0.25, 0.3) is 11.0 Å². The van der Waals surface area contributed by atoms with Crippen LogP contribution in [0.1, 0.15) is 12.7 Å². The maximum Gasteiger partial charge on any atom is 0.413 e. The number of fused-ring (bicyclic) bond motifs is 1. The molecule has 0 aliphatic carbocycles. The third-order valence-electron chi connectivity index (χ3n) is 3.05. The molecular weight excluding hydrogens is 300 g/mol. The van der Waals surface area contributed by atoms with E-state index in [1.807, 2.05) is 0 Å². The van der Waals surface area contributed by atoms with Gasteiger partial charge in [0, 0.05) is 0 Å². The van der Waals surface area contributed by atoms with Gasteiger partial charge in [0.1, 0.15) is 12.4 Å². The Morgan fingerprint density at radius 1 is 1.10 bits per heavy atom. The van der Waals surface area contributed by atoms with E-state index in [-0.39, 0.29) is 11.0 Å². The molecule has 0 bridgehead atoms. The molecule has 2 rings (SSSR count). The first kappa shape index (κ1) is 15.6. The van der Waals surface area contributed by atoms with Gasteiger partial charge in [-0.25, -0.2) is 4.98 Å². The van der Waals surface area contributed by atoms with E-state index in [0.29, 0.717) is 11.5 Å². The predicted molar refractivity (Wildman–Crippen MR) is 63.4 cm³/mol. The van der Waals surface area contributed by atoms with E-state index in [9.17, 15) is 26.3 Å². The fourth-order valence-electron chi connectivity index (χ4n) is 1.94. The Labute approximate surface area is 115 Å². The second-order valence-corrected chi connectivity index (χ2v) is 4.83. The van der Waals surface area contributed by atoms with Crippen LogP contribution in [0.5, 0.6) is 0 Å². The highest BCUT2D eigenvalue weighted by molar-refractivity contribution is 5.76. The Kier molecular flexibility index (Phi) is 3.43. The van der Waals surface area contributed by atoms with Gasteiger partial charge in [0.15, 0.2) is 5.54 Å². The lowest BCUT2D eigenvalue weighted by Crippen LogP contribution is -2.50. The van der Waals surface area contributed by atoms with Crippen LogP contribution in [-0.2, 0) is 12.1 Å². The van der Waals surface area contributed by atoms with Crippen LogP contribution in [0, 0.1) is 0 Å². The number of para-hydroxylation sites is 2. The molecule has 0 aliphatic heterocycles. The monoisotopic (exact) mass is 311 g/mol. The van der Waals surface area contributed by atoms with E-state index < -0.39 is 30.3 Å². The minimum atomic E-state index is -4.93. The molecule has 1 unspecified atom stereocenters. The molecule has 1 atom stereocenters. The molecule has 0 saturated carbocycles. The number of nitrogens with zero attached hydrogens (tertiary/aromatic N) is 2. The molecule has 0 radical (unpaired) electrons. The Balaban J connectivity index is 2.71. The van der Waals surface area contributed by atoms with Crippen LogP contribution < -0.4 is 5.73 Å². The fraction of sp³-hybridized carbons (Fsp3) is 0.417. The summed E-state index contributed by atoms with van der Waals surface area (Å²) in [5, 5.41) is 0. The molecule has 0 aliphatic rings. The molecule has 1 aromatic carbocycles. The Morgan fingerprint density at radius 2 is 1.67 bits per heavy atom. The summed E-state index contributed by atoms with van der Waals surface area (Å²) >= 11 is 0. The number of hydrogen-bond donors (Lipinski definition) is 1. The number of imidazole rings is 1. The normalized spacial score (nSPS) is 16.2. The third-order valence-corrected chi connectivity index (χ3v) is 3.05. The number of aromatic nitrogens is 2. The first-order valence-corrected chi connectivity index (χ1v) is 5.81. The average molecular weight is 311 g/mol. The van der Waals surface area contributed by atoms with E-state index in [4.69, 9.17) is 5.73 Å². The lowest BCUT2D eigenvalue weighted by atomic mass is 10.0. The largest absolute Gasteiger partial charge is 0.413 e. The van der Waals surface area contributed by atoms with Gasteiger partial charge < -0.3 is 10.3 Å². The van der Waals surface area contributed by atoms with E-state index in [1.165, 1.54) is 24.3 Å². The molecule has 116 valence electrons. The van der Waals surface area contributed by atoms with Gasteiger partial charge >= 0.3 is 12.4 Å². The molecule has 0 fully saturated rings. The van der Waals surface area contributed by atoms with Gasteiger partial charge in [-0.1, -0.05) is 12.1 Å². The fourth-order valence-corrected chi connectivity index (χ4v) is 1.94. The summed E-state index contributed by atoms with van der Waals surface area (Å²) < 4.78 is 77.4.